The van der Waals surface area contributed by atoms with Crippen LogP contribution < -0.4 is 15.0 Å². The van der Waals surface area contributed by atoms with Crippen LogP contribution in [0.5, 0.6) is 5.75 Å². The molecule has 2 aliphatic rings. The number of rotatable bonds is 3. The van der Waals surface area contributed by atoms with Gasteiger partial charge in [0.15, 0.2) is 0 Å². The fourth-order valence-electron chi connectivity index (χ4n) is 2.23. The number of amides is 1. The third kappa shape index (κ3) is 2.07. The van der Waals surface area contributed by atoms with E-state index in [1.165, 1.54) is 12.8 Å². The molecule has 1 saturated carbocycles. The van der Waals surface area contributed by atoms with E-state index in [0.717, 1.165) is 29.6 Å². The molecule has 0 aromatic heterocycles. The van der Waals surface area contributed by atoms with Crippen molar-refractivity contribution >= 4 is 17.3 Å². The van der Waals surface area contributed by atoms with E-state index in [0.29, 0.717) is 6.54 Å². The molecule has 0 spiro atoms. The van der Waals surface area contributed by atoms with E-state index >= 15 is 0 Å². The van der Waals surface area contributed by atoms with Crippen LogP contribution in [-0.4, -0.2) is 26.1 Å². The van der Waals surface area contributed by atoms with E-state index in [4.69, 9.17) is 4.74 Å². The van der Waals surface area contributed by atoms with Crippen molar-refractivity contribution in [2.45, 2.75) is 12.8 Å². The highest BCUT2D eigenvalue weighted by Gasteiger charge is 2.29. The van der Waals surface area contributed by atoms with Crippen molar-refractivity contribution in [3.8, 4) is 5.75 Å². The first-order valence-corrected chi connectivity index (χ1v) is 5.99. The second-order valence-corrected chi connectivity index (χ2v) is 4.76. The van der Waals surface area contributed by atoms with Gasteiger partial charge in [0, 0.05) is 12.6 Å². The predicted octanol–water partition coefficient (Wildman–Crippen LogP) is 1.86. The Bertz CT molecular complexity index is 455. The summed E-state index contributed by atoms with van der Waals surface area (Å²) in [6, 6.07) is 5.78. The fourth-order valence-corrected chi connectivity index (χ4v) is 2.23. The van der Waals surface area contributed by atoms with E-state index < -0.39 is 0 Å². The number of hydrogen-bond donors (Lipinski definition) is 1. The van der Waals surface area contributed by atoms with Gasteiger partial charge in [-0.05, 0) is 30.9 Å². The first-order chi connectivity index (χ1) is 8.26. The predicted molar refractivity (Wildman–Crippen MR) is 66.6 cm³/mol. The van der Waals surface area contributed by atoms with Crippen molar-refractivity contribution in [3.05, 3.63) is 18.2 Å². The molecule has 0 radical (unpaired) electrons. The number of nitrogens with one attached hydrogen (secondary N) is 1. The number of nitrogens with zero attached hydrogens (tertiary/aromatic N) is 1. The highest BCUT2D eigenvalue weighted by Crippen LogP contribution is 2.37. The minimum Gasteiger partial charge on any atom is -0.497 e. The molecule has 1 heterocycles. The Hall–Kier alpha value is -1.71. The van der Waals surface area contributed by atoms with Crippen molar-refractivity contribution in [1.82, 2.24) is 0 Å². The van der Waals surface area contributed by atoms with Gasteiger partial charge in [-0.15, -0.1) is 0 Å². The summed E-state index contributed by atoms with van der Waals surface area (Å²) in [4.78, 5) is 13.8. The standard InChI is InChI=1S/C13H16N2O2/c1-17-10-4-5-11-12(6-10)15(7-9-2-3-9)8-13(16)14-11/h4-6,9H,2-3,7-8H2,1H3,(H,14,16). The maximum Gasteiger partial charge on any atom is 0.243 e. The Morgan fingerprint density at radius 1 is 1.47 bits per heavy atom. The molecule has 1 amide bonds. The van der Waals surface area contributed by atoms with Crippen LogP contribution in [0.4, 0.5) is 11.4 Å². The quantitative estimate of drug-likeness (QED) is 0.865. The van der Waals surface area contributed by atoms with E-state index in [1.807, 2.05) is 18.2 Å². The number of carbonyl (C=O) groups excluding carboxylic acids is 1. The first kappa shape index (κ1) is 10.4. The van der Waals surface area contributed by atoms with Crippen LogP contribution in [-0.2, 0) is 4.79 Å². The van der Waals surface area contributed by atoms with Crippen molar-refractivity contribution in [3.63, 3.8) is 0 Å². The average molecular weight is 232 g/mol. The van der Waals surface area contributed by atoms with Crippen LogP contribution in [0, 0.1) is 5.92 Å². The SMILES string of the molecule is COc1ccc2c(c1)N(CC1CC1)CC(=O)N2. The molecule has 0 saturated heterocycles. The van der Waals surface area contributed by atoms with Crippen LogP contribution in [0.1, 0.15) is 12.8 Å². The second kappa shape index (κ2) is 3.95. The Labute approximate surface area is 101 Å². The maximum atomic E-state index is 11.6. The van der Waals surface area contributed by atoms with Gasteiger partial charge in [0.1, 0.15) is 5.75 Å². The Morgan fingerprint density at radius 3 is 3.00 bits per heavy atom. The molecule has 1 aromatic rings. The number of fused-ring (bicyclic) bond motifs is 1. The van der Waals surface area contributed by atoms with Crippen LogP contribution >= 0.6 is 0 Å². The van der Waals surface area contributed by atoms with Crippen LogP contribution in [0.2, 0.25) is 0 Å². The van der Waals surface area contributed by atoms with Gasteiger partial charge in [-0.25, -0.2) is 0 Å². The van der Waals surface area contributed by atoms with Crippen molar-refractivity contribution < 1.29 is 9.53 Å². The van der Waals surface area contributed by atoms with E-state index in [-0.39, 0.29) is 5.91 Å². The molecule has 4 nitrogen and oxygen atoms in total. The van der Waals surface area contributed by atoms with E-state index in [1.54, 1.807) is 7.11 Å². The maximum absolute atomic E-state index is 11.6. The van der Waals surface area contributed by atoms with Crippen molar-refractivity contribution in [1.29, 1.82) is 0 Å². The summed E-state index contributed by atoms with van der Waals surface area (Å²) in [6.45, 7) is 1.43. The zero-order chi connectivity index (χ0) is 11.8. The van der Waals surface area contributed by atoms with Gasteiger partial charge in [0.25, 0.3) is 0 Å². The summed E-state index contributed by atoms with van der Waals surface area (Å²) in [5.74, 6) is 1.67. The number of methoxy groups -OCH3 is 1. The Balaban J connectivity index is 1.93. The van der Waals surface area contributed by atoms with Crippen LogP contribution in [0.25, 0.3) is 0 Å². The molecule has 90 valence electrons. The van der Waals surface area contributed by atoms with Gasteiger partial charge < -0.3 is 15.0 Å². The summed E-state index contributed by atoms with van der Waals surface area (Å²) < 4.78 is 5.24. The third-order valence-corrected chi connectivity index (χ3v) is 3.33. The highest BCUT2D eigenvalue weighted by molar-refractivity contribution is 6.01. The fraction of sp³-hybridized carbons (Fsp3) is 0.462. The van der Waals surface area contributed by atoms with Crippen LogP contribution in [0.3, 0.4) is 0 Å². The molecule has 3 rings (SSSR count). The monoisotopic (exact) mass is 232 g/mol. The molecule has 4 heteroatoms. The number of benzene rings is 1. The molecule has 17 heavy (non-hydrogen) atoms. The van der Waals surface area contributed by atoms with Crippen molar-refractivity contribution in [2.75, 3.05) is 30.4 Å². The lowest BCUT2D eigenvalue weighted by Gasteiger charge is -2.31. The molecule has 1 fully saturated rings. The molecule has 0 atom stereocenters. The topological polar surface area (TPSA) is 41.6 Å². The summed E-state index contributed by atoms with van der Waals surface area (Å²) in [7, 11) is 1.66. The Morgan fingerprint density at radius 2 is 2.29 bits per heavy atom. The number of carbonyl (C=O) groups is 1. The first-order valence-electron chi connectivity index (χ1n) is 5.99. The number of ether oxygens (including phenoxy) is 1. The molecule has 0 bridgehead atoms. The number of anilines is 2. The Kier molecular flexibility index (Phi) is 2.42. The molecular formula is C13H16N2O2. The van der Waals surface area contributed by atoms with Gasteiger partial charge in [-0.3, -0.25) is 4.79 Å². The smallest absolute Gasteiger partial charge is 0.243 e. The summed E-state index contributed by atoms with van der Waals surface area (Å²) >= 11 is 0. The average Bonchev–Trinajstić information content (AvgIpc) is 3.12. The van der Waals surface area contributed by atoms with Gasteiger partial charge >= 0.3 is 0 Å². The number of hydrogen-bond acceptors (Lipinski definition) is 3. The largest absolute Gasteiger partial charge is 0.497 e. The molecule has 1 aliphatic heterocycles. The third-order valence-electron chi connectivity index (χ3n) is 3.33. The van der Waals surface area contributed by atoms with Crippen LogP contribution in [0.15, 0.2) is 18.2 Å². The van der Waals surface area contributed by atoms with Gasteiger partial charge in [-0.2, -0.15) is 0 Å². The summed E-state index contributed by atoms with van der Waals surface area (Å²) in [5.41, 5.74) is 1.97. The highest BCUT2D eigenvalue weighted by atomic mass is 16.5. The van der Waals surface area contributed by atoms with E-state index in [9.17, 15) is 4.79 Å². The minimum atomic E-state index is 0.0725. The lowest BCUT2D eigenvalue weighted by molar-refractivity contribution is -0.115. The molecule has 1 aromatic carbocycles. The lowest BCUT2D eigenvalue weighted by Crippen LogP contribution is -2.39. The summed E-state index contributed by atoms with van der Waals surface area (Å²) in [5, 5.41) is 2.90. The van der Waals surface area contributed by atoms with Gasteiger partial charge in [0.05, 0.1) is 25.0 Å². The minimum absolute atomic E-state index is 0.0725. The van der Waals surface area contributed by atoms with E-state index in [2.05, 4.69) is 10.2 Å². The lowest BCUT2D eigenvalue weighted by atomic mass is 10.1. The molecule has 1 aliphatic carbocycles. The van der Waals surface area contributed by atoms with Gasteiger partial charge in [0.2, 0.25) is 5.91 Å². The molecule has 1 N–H and O–H groups in total. The second-order valence-electron chi connectivity index (χ2n) is 4.76. The van der Waals surface area contributed by atoms with Gasteiger partial charge in [-0.1, -0.05) is 0 Å². The zero-order valence-electron chi connectivity index (χ0n) is 9.90. The van der Waals surface area contributed by atoms with Crippen molar-refractivity contribution in [2.24, 2.45) is 5.92 Å². The normalized spacial score (nSPS) is 18.6. The molecule has 0 unspecified atom stereocenters. The molecular weight excluding hydrogens is 216 g/mol. The zero-order valence-corrected chi connectivity index (χ0v) is 9.90. The summed E-state index contributed by atoms with van der Waals surface area (Å²) in [6.07, 6.45) is 2.58.